The molecule has 0 amide bonds. The standard InChI is InChI=1S/C8H10N2/c1-6-8-4-2-3-7(8)5-9-10-6/h5H,2-4H2,1H3. The van der Waals surface area contributed by atoms with Crippen molar-refractivity contribution in [2.24, 2.45) is 0 Å². The average molecular weight is 134 g/mol. The van der Waals surface area contributed by atoms with E-state index in [1.54, 1.807) is 0 Å². The minimum atomic E-state index is 1.12. The van der Waals surface area contributed by atoms with E-state index in [0.717, 1.165) is 5.69 Å². The SMILES string of the molecule is Cc1nncc2c1CCC2. The molecule has 52 valence electrons. The minimum absolute atomic E-state index is 1.12. The van der Waals surface area contributed by atoms with Gasteiger partial charge in [0.25, 0.3) is 0 Å². The topological polar surface area (TPSA) is 25.8 Å². The molecular formula is C8H10N2. The van der Waals surface area contributed by atoms with E-state index in [2.05, 4.69) is 10.2 Å². The first-order valence-electron chi connectivity index (χ1n) is 3.68. The quantitative estimate of drug-likeness (QED) is 0.534. The molecule has 2 rings (SSSR count). The molecule has 0 saturated carbocycles. The van der Waals surface area contributed by atoms with Crippen LogP contribution < -0.4 is 0 Å². The van der Waals surface area contributed by atoms with Crippen LogP contribution >= 0.6 is 0 Å². The maximum Gasteiger partial charge on any atom is 0.0634 e. The van der Waals surface area contributed by atoms with Gasteiger partial charge in [-0.05, 0) is 37.3 Å². The van der Waals surface area contributed by atoms with Crippen molar-refractivity contribution >= 4 is 0 Å². The summed E-state index contributed by atoms with van der Waals surface area (Å²) in [4.78, 5) is 0. The summed E-state index contributed by atoms with van der Waals surface area (Å²) in [5.74, 6) is 0. The summed E-state index contributed by atoms with van der Waals surface area (Å²) in [5, 5.41) is 7.91. The summed E-state index contributed by atoms with van der Waals surface area (Å²) in [6.45, 7) is 2.04. The van der Waals surface area contributed by atoms with E-state index in [9.17, 15) is 0 Å². The summed E-state index contributed by atoms with van der Waals surface area (Å²) in [5.41, 5.74) is 3.97. The molecule has 0 bridgehead atoms. The summed E-state index contributed by atoms with van der Waals surface area (Å²) in [7, 11) is 0. The Bertz CT molecular complexity index is 255. The van der Waals surface area contributed by atoms with Gasteiger partial charge in [-0.25, -0.2) is 0 Å². The van der Waals surface area contributed by atoms with E-state index in [-0.39, 0.29) is 0 Å². The number of hydrogen-bond acceptors (Lipinski definition) is 2. The Morgan fingerprint density at radius 2 is 2.30 bits per heavy atom. The Kier molecular flexibility index (Phi) is 1.19. The molecule has 2 nitrogen and oxygen atoms in total. The Morgan fingerprint density at radius 3 is 3.10 bits per heavy atom. The molecule has 0 spiro atoms. The van der Waals surface area contributed by atoms with Crippen molar-refractivity contribution in [1.82, 2.24) is 10.2 Å². The maximum atomic E-state index is 4.00. The lowest BCUT2D eigenvalue weighted by atomic mass is 10.1. The third-order valence-corrected chi connectivity index (χ3v) is 2.12. The molecule has 0 fully saturated rings. The van der Waals surface area contributed by atoms with Crippen LogP contribution in [0.2, 0.25) is 0 Å². The molecule has 0 aromatic carbocycles. The molecule has 0 N–H and O–H groups in total. The predicted octanol–water partition coefficient (Wildman–Crippen LogP) is 1.27. The van der Waals surface area contributed by atoms with Crippen LogP contribution in [0.1, 0.15) is 23.2 Å². The van der Waals surface area contributed by atoms with Crippen molar-refractivity contribution in [2.45, 2.75) is 26.2 Å². The molecule has 0 saturated heterocycles. The number of nitrogens with zero attached hydrogens (tertiary/aromatic N) is 2. The highest BCUT2D eigenvalue weighted by atomic mass is 15.1. The van der Waals surface area contributed by atoms with Crippen LogP contribution in [-0.4, -0.2) is 10.2 Å². The van der Waals surface area contributed by atoms with Gasteiger partial charge in [0.2, 0.25) is 0 Å². The second-order valence-electron chi connectivity index (χ2n) is 2.79. The van der Waals surface area contributed by atoms with Crippen molar-refractivity contribution in [3.8, 4) is 0 Å². The number of fused-ring (bicyclic) bond motifs is 1. The van der Waals surface area contributed by atoms with Gasteiger partial charge in [-0.2, -0.15) is 10.2 Å². The third-order valence-electron chi connectivity index (χ3n) is 2.12. The first-order chi connectivity index (χ1) is 4.88. The molecule has 10 heavy (non-hydrogen) atoms. The van der Waals surface area contributed by atoms with E-state index < -0.39 is 0 Å². The zero-order chi connectivity index (χ0) is 6.97. The molecule has 1 aliphatic carbocycles. The van der Waals surface area contributed by atoms with Gasteiger partial charge in [-0.1, -0.05) is 0 Å². The summed E-state index contributed by atoms with van der Waals surface area (Å²) in [6, 6.07) is 0. The van der Waals surface area contributed by atoms with Gasteiger partial charge in [0.05, 0.1) is 11.9 Å². The van der Waals surface area contributed by atoms with E-state index in [1.165, 1.54) is 30.4 Å². The molecule has 1 aromatic heterocycles. The van der Waals surface area contributed by atoms with Gasteiger partial charge in [0, 0.05) is 0 Å². The predicted molar refractivity (Wildman–Crippen MR) is 38.8 cm³/mol. The fraction of sp³-hybridized carbons (Fsp3) is 0.500. The number of aromatic nitrogens is 2. The van der Waals surface area contributed by atoms with Crippen LogP contribution in [0.5, 0.6) is 0 Å². The Hall–Kier alpha value is -0.920. The molecule has 1 aliphatic rings. The van der Waals surface area contributed by atoms with Gasteiger partial charge in [-0.3, -0.25) is 0 Å². The van der Waals surface area contributed by atoms with Crippen molar-refractivity contribution in [3.05, 3.63) is 23.0 Å². The smallest absolute Gasteiger partial charge is 0.0634 e. The lowest BCUT2D eigenvalue weighted by Gasteiger charge is -1.98. The fourth-order valence-corrected chi connectivity index (χ4v) is 1.57. The van der Waals surface area contributed by atoms with E-state index in [0.29, 0.717) is 0 Å². The van der Waals surface area contributed by atoms with Crippen LogP contribution in [0.3, 0.4) is 0 Å². The summed E-state index contributed by atoms with van der Waals surface area (Å²) < 4.78 is 0. The molecular weight excluding hydrogens is 124 g/mol. The minimum Gasteiger partial charge on any atom is -0.159 e. The second kappa shape index (κ2) is 2.04. The van der Waals surface area contributed by atoms with Crippen LogP contribution in [0.25, 0.3) is 0 Å². The molecule has 0 radical (unpaired) electrons. The maximum absolute atomic E-state index is 4.00. The summed E-state index contributed by atoms with van der Waals surface area (Å²) in [6.07, 6.45) is 5.58. The van der Waals surface area contributed by atoms with Gasteiger partial charge in [-0.15, -0.1) is 0 Å². The summed E-state index contributed by atoms with van der Waals surface area (Å²) >= 11 is 0. The van der Waals surface area contributed by atoms with Gasteiger partial charge < -0.3 is 0 Å². The van der Waals surface area contributed by atoms with Gasteiger partial charge in [0.1, 0.15) is 0 Å². The van der Waals surface area contributed by atoms with Crippen LogP contribution in [-0.2, 0) is 12.8 Å². The second-order valence-corrected chi connectivity index (χ2v) is 2.79. The van der Waals surface area contributed by atoms with Gasteiger partial charge in [0.15, 0.2) is 0 Å². The number of aryl methyl sites for hydroxylation is 2. The first-order valence-corrected chi connectivity index (χ1v) is 3.68. The zero-order valence-electron chi connectivity index (χ0n) is 6.09. The lowest BCUT2D eigenvalue weighted by molar-refractivity contribution is 0.906. The normalized spacial score (nSPS) is 15.3. The van der Waals surface area contributed by atoms with Crippen LogP contribution in [0, 0.1) is 6.92 Å². The molecule has 0 aliphatic heterocycles. The highest BCUT2D eigenvalue weighted by Crippen LogP contribution is 2.21. The number of hydrogen-bond donors (Lipinski definition) is 0. The highest BCUT2D eigenvalue weighted by Gasteiger charge is 2.12. The largest absolute Gasteiger partial charge is 0.159 e. The molecule has 1 aromatic rings. The fourth-order valence-electron chi connectivity index (χ4n) is 1.57. The Labute approximate surface area is 60.3 Å². The van der Waals surface area contributed by atoms with E-state index in [1.807, 2.05) is 13.1 Å². The number of rotatable bonds is 0. The molecule has 0 atom stereocenters. The Morgan fingerprint density at radius 1 is 1.40 bits per heavy atom. The lowest BCUT2D eigenvalue weighted by Crippen LogP contribution is -1.93. The van der Waals surface area contributed by atoms with Crippen molar-refractivity contribution in [3.63, 3.8) is 0 Å². The van der Waals surface area contributed by atoms with Crippen molar-refractivity contribution in [1.29, 1.82) is 0 Å². The molecule has 1 heterocycles. The molecule has 2 heteroatoms. The monoisotopic (exact) mass is 134 g/mol. The average Bonchev–Trinajstić information content (AvgIpc) is 2.36. The molecule has 0 unspecified atom stereocenters. The van der Waals surface area contributed by atoms with E-state index in [4.69, 9.17) is 0 Å². The van der Waals surface area contributed by atoms with Crippen molar-refractivity contribution in [2.75, 3.05) is 0 Å². The van der Waals surface area contributed by atoms with Crippen molar-refractivity contribution < 1.29 is 0 Å². The van der Waals surface area contributed by atoms with Crippen LogP contribution in [0.4, 0.5) is 0 Å². The van der Waals surface area contributed by atoms with Crippen LogP contribution in [0.15, 0.2) is 6.20 Å². The van der Waals surface area contributed by atoms with Gasteiger partial charge >= 0.3 is 0 Å². The highest BCUT2D eigenvalue weighted by molar-refractivity contribution is 5.30. The third kappa shape index (κ3) is 0.719. The zero-order valence-corrected chi connectivity index (χ0v) is 6.09. The van der Waals surface area contributed by atoms with E-state index >= 15 is 0 Å². The Balaban J connectivity index is 2.59. The first kappa shape index (κ1) is 5.83.